The Bertz CT molecular complexity index is 3160. The summed E-state index contributed by atoms with van der Waals surface area (Å²) in [6.07, 6.45) is 6.20. The third kappa shape index (κ3) is 7.83. The summed E-state index contributed by atoms with van der Waals surface area (Å²) in [5.41, 5.74) is 19.4. The second-order valence-electron chi connectivity index (χ2n) is 19.6. The number of aromatic hydroxyl groups is 1. The molecule has 0 saturated heterocycles. The number of phenols is 1. The van der Waals surface area contributed by atoms with Gasteiger partial charge in [0.15, 0.2) is 0 Å². The zero-order chi connectivity index (χ0) is 44.2. The van der Waals surface area contributed by atoms with Gasteiger partial charge in [-0.15, -0.1) is 0 Å². The Labute approximate surface area is 378 Å². The van der Waals surface area contributed by atoms with Crippen molar-refractivity contribution in [2.45, 2.75) is 78.1 Å². The molecule has 64 heavy (non-hydrogen) atoms. The third-order valence-corrected chi connectivity index (χ3v) is 13.1. The van der Waals surface area contributed by atoms with E-state index >= 15 is 0 Å². The van der Waals surface area contributed by atoms with E-state index in [4.69, 9.17) is 9.97 Å². The molecule has 4 heteroatoms. The molecular weight excluding hydrogens is 779 g/mol. The summed E-state index contributed by atoms with van der Waals surface area (Å²) in [6, 6.07) is 58.7. The fraction of sp³-hybridized carbons (Fsp3) is 0.200. The van der Waals surface area contributed by atoms with E-state index in [1.165, 1.54) is 33.4 Å². The van der Waals surface area contributed by atoms with Gasteiger partial charge in [-0.1, -0.05) is 151 Å². The number of nitrogens with zero attached hydrogens (tertiary/aromatic N) is 3. The van der Waals surface area contributed by atoms with E-state index in [1.807, 2.05) is 12.3 Å². The Morgan fingerprint density at radius 3 is 1.78 bits per heavy atom. The van der Waals surface area contributed by atoms with Crippen LogP contribution in [-0.4, -0.2) is 19.6 Å². The van der Waals surface area contributed by atoms with Crippen molar-refractivity contribution >= 4 is 11.0 Å². The lowest BCUT2D eigenvalue weighted by atomic mass is 9.83. The Kier molecular flexibility index (Phi) is 10.4. The Morgan fingerprint density at radius 1 is 0.469 bits per heavy atom. The summed E-state index contributed by atoms with van der Waals surface area (Å²) in [4.78, 5) is 10.6. The van der Waals surface area contributed by atoms with E-state index in [1.54, 1.807) is 0 Å². The smallest absolute Gasteiger partial charge is 0.149 e. The van der Waals surface area contributed by atoms with Crippen LogP contribution in [0.2, 0.25) is 0 Å². The van der Waals surface area contributed by atoms with Crippen LogP contribution in [0.5, 0.6) is 5.75 Å². The number of aromatic nitrogens is 3. The maximum atomic E-state index is 11.9. The van der Waals surface area contributed by atoms with Gasteiger partial charge in [-0.3, -0.25) is 9.55 Å². The van der Waals surface area contributed by atoms with Crippen LogP contribution in [0.4, 0.5) is 0 Å². The van der Waals surface area contributed by atoms with E-state index in [0.29, 0.717) is 0 Å². The lowest BCUT2D eigenvalue weighted by Gasteiger charge is -2.23. The first-order chi connectivity index (χ1) is 30.9. The second-order valence-corrected chi connectivity index (χ2v) is 19.6. The normalized spacial score (nSPS) is 13.0. The van der Waals surface area contributed by atoms with Crippen molar-refractivity contribution in [3.8, 4) is 78.6 Å². The van der Waals surface area contributed by atoms with Crippen LogP contribution in [-0.2, 0) is 23.7 Å². The average Bonchev–Trinajstić information content (AvgIpc) is 3.70. The molecule has 0 bridgehead atoms. The number of hydrogen-bond donors (Lipinski definition) is 1. The molecule has 0 amide bonds. The first-order valence-corrected chi connectivity index (χ1v) is 22.7. The molecule has 0 saturated carbocycles. The SMILES string of the molecule is CC(C)(C)c1cc(-c2cc(-c3ccc(-c4ccccc4)cc3)ccn2)cc(-c2cccc3c2nc(-c2cc4c(cc2O)CCCC4)n3-c2ccc(C(C)(C)C)cc2-c2ccccc2)c1. The zero-order valence-electron chi connectivity index (χ0n) is 37.8. The van der Waals surface area contributed by atoms with Gasteiger partial charge in [0, 0.05) is 22.9 Å². The third-order valence-electron chi connectivity index (χ3n) is 13.1. The molecule has 0 atom stereocenters. The van der Waals surface area contributed by atoms with Crippen LogP contribution in [0, 0.1) is 0 Å². The van der Waals surface area contributed by atoms with Gasteiger partial charge in [0.05, 0.1) is 28.0 Å². The predicted molar refractivity (Wildman–Crippen MR) is 267 cm³/mol. The summed E-state index contributed by atoms with van der Waals surface area (Å²) < 4.78 is 2.29. The van der Waals surface area contributed by atoms with E-state index in [0.717, 1.165) is 98.4 Å². The monoisotopic (exact) mass is 833 g/mol. The number of phenolic OH excluding ortho intramolecular Hbond substituents is 1. The number of para-hydroxylation sites is 1. The van der Waals surface area contributed by atoms with Crippen LogP contribution < -0.4 is 0 Å². The van der Waals surface area contributed by atoms with Gasteiger partial charge in [-0.25, -0.2) is 4.98 Å². The summed E-state index contributed by atoms with van der Waals surface area (Å²) >= 11 is 0. The largest absolute Gasteiger partial charge is 0.507 e. The Morgan fingerprint density at radius 2 is 1.09 bits per heavy atom. The predicted octanol–water partition coefficient (Wildman–Crippen LogP) is 15.6. The van der Waals surface area contributed by atoms with Crippen molar-refractivity contribution in [3.05, 3.63) is 192 Å². The highest BCUT2D eigenvalue weighted by atomic mass is 16.3. The van der Waals surface area contributed by atoms with Crippen LogP contribution in [0.15, 0.2) is 170 Å². The lowest BCUT2D eigenvalue weighted by Crippen LogP contribution is -2.12. The quantitative estimate of drug-likeness (QED) is 0.174. The highest BCUT2D eigenvalue weighted by Crippen LogP contribution is 2.44. The van der Waals surface area contributed by atoms with Crippen molar-refractivity contribution in [1.82, 2.24) is 14.5 Å². The number of hydrogen-bond acceptors (Lipinski definition) is 3. The molecule has 0 radical (unpaired) electrons. The first-order valence-electron chi connectivity index (χ1n) is 22.7. The standard InChI is InChI=1S/C60H55N3O/c1-59(2,3)48-28-29-54(51(38-48)42-18-11-8-12-19-42)63-55-23-15-22-50(57(55)62-58(63)52-35-43-20-13-14-21-44(43)37-56(52)64)46-32-47(34-49(33-46)60(4,5)6)53-36-45(30-31-61-53)41-26-24-40(25-27-41)39-16-9-7-10-17-39/h7-12,15-19,22-38,64H,13-14,20-21H2,1-6H3. The maximum absolute atomic E-state index is 11.9. The summed E-state index contributed by atoms with van der Waals surface area (Å²) in [6.45, 7) is 13.6. The first kappa shape index (κ1) is 41.0. The number of fused-ring (bicyclic) bond motifs is 2. The fourth-order valence-electron chi connectivity index (χ4n) is 9.37. The van der Waals surface area contributed by atoms with E-state index in [2.05, 4.69) is 204 Å². The molecule has 2 aromatic heterocycles. The zero-order valence-corrected chi connectivity index (χ0v) is 37.8. The molecule has 7 aromatic carbocycles. The molecule has 0 unspecified atom stereocenters. The minimum absolute atomic E-state index is 0.0526. The molecule has 0 aliphatic heterocycles. The minimum Gasteiger partial charge on any atom is -0.507 e. The van der Waals surface area contributed by atoms with Gasteiger partial charge in [-0.05, 0) is 147 Å². The molecular formula is C60H55N3O. The number of pyridine rings is 1. The summed E-state index contributed by atoms with van der Waals surface area (Å²) in [5, 5.41) is 11.9. The Balaban J connectivity index is 1.17. The van der Waals surface area contributed by atoms with Crippen molar-refractivity contribution in [2.75, 3.05) is 0 Å². The van der Waals surface area contributed by atoms with Crippen molar-refractivity contribution in [2.24, 2.45) is 0 Å². The highest BCUT2D eigenvalue weighted by Gasteiger charge is 2.26. The number of benzene rings is 7. The molecule has 2 heterocycles. The molecule has 4 nitrogen and oxygen atoms in total. The van der Waals surface area contributed by atoms with Gasteiger partial charge in [0.25, 0.3) is 0 Å². The minimum atomic E-state index is -0.137. The Hall–Kier alpha value is -7.04. The molecule has 10 rings (SSSR count). The molecule has 0 spiro atoms. The van der Waals surface area contributed by atoms with Crippen molar-refractivity contribution in [3.63, 3.8) is 0 Å². The second kappa shape index (κ2) is 16.3. The molecule has 0 fully saturated rings. The van der Waals surface area contributed by atoms with Crippen LogP contribution in [0.25, 0.3) is 83.9 Å². The van der Waals surface area contributed by atoms with E-state index < -0.39 is 0 Å². The van der Waals surface area contributed by atoms with Gasteiger partial charge >= 0.3 is 0 Å². The molecule has 9 aromatic rings. The number of aryl methyl sites for hydroxylation is 2. The molecule has 316 valence electrons. The lowest BCUT2D eigenvalue weighted by molar-refractivity contribution is 0.474. The fourth-order valence-corrected chi connectivity index (χ4v) is 9.37. The van der Waals surface area contributed by atoms with Gasteiger partial charge in [-0.2, -0.15) is 0 Å². The van der Waals surface area contributed by atoms with Gasteiger partial charge in [0.1, 0.15) is 11.6 Å². The molecule has 1 N–H and O–H groups in total. The molecule has 1 aliphatic carbocycles. The number of rotatable bonds is 7. The van der Waals surface area contributed by atoms with Crippen LogP contribution in [0.3, 0.4) is 0 Å². The summed E-state index contributed by atoms with van der Waals surface area (Å²) in [7, 11) is 0. The van der Waals surface area contributed by atoms with Crippen LogP contribution in [0.1, 0.15) is 76.6 Å². The number of imidazole rings is 1. The van der Waals surface area contributed by atoms with Crippen molar-refractivity contribution in [1.29, 1.82) is 0 Å². The van der Waals surface area contributed by atoms with E-state index in [-0.39, 0.29) is 16.6 Å². The highest BCUT2D eigenvalue weighted by molar-refractivity contribution is 5.98. The van der Waals surface area contributed by atoms with Gasteiger partial charge < -0.3 is 5.11 Å². The molecule has 1 aliphatic rings. The average molecular weight is 834 g/mol. The van der Waals surface area contributed by atoms with Gasteiger partial charge in [0.2, 0.25) is 0 Å². The van der Waals surface area contributed by atoms with Crippen LogP contribution >= 0.6 is 0 Å². The maximum Gasteiger partial charge on any atom is 0.149 e. The topological polar surface area (TPSA) is 50.9 Å². The van der Waals surface area contributed by atoms with Crippen molar-refractivity contribution < 1.29 is 5.11 Å². The summed E-state index contributed by atoms with van der Waals surface area (Å²) in [5.74, 6) is 0.998. The van der Waals surface area contributed by atoms with E-state index in [9.17, 15) is 5.11 Å².